The molecule has 0 aliphatic rings. The second-order valence-corrected chi connectivity index (χ2v) is 32.1. The summed E-state index contributed by atoms with van der Waals surface area (Å²) in [4.78, 5) is 54.8. The number of hydrogen-bond donors (Lipinski definition) is 3. The highest BCUT2D eigenvalue weighted by Crippen LogP contribution is 2.26. The van der Waals surface area contributed by atoms with Crippen molar-refractivity contribution in [2.24, 2.45) is 0 Å². The Labute approximate surface area is 694 Å². The number of aromatic nitrogens is 2. The summed E-state index contributed by atoms with van der Waals surface area (Å²) in [6, 6.07) is 92.7. The molecular weight excluding hydrogens is 1530 g/mol. The van der Waals surface area contributed by atoms with Gasteiger partial charge in [-0.05, 0) is 156 Å². The standard InChI is InChI=1S/C25H23NO5.C18H17NO5.C18H20O4.C16H15NO2.C15H14O2.C4H9NSi/c1-2-28-24(27)23(31-25-26-21-10-6-7-11-22(21)30-25)16-18-12-14-20(15-13-18)29-17-19-8-4-3-5-9-19;1-2-22-17(21)16(11-12-7-9-13(20)10-8-12)24-18-19-14-5-3-4-6-15(14)23-18;1-2-21-18(20)17(19)12-14-8-10-16(11-9-14)22-13-15-6-4-3-5-7-15;17-11-15(18)10-13-6-8-16(9-7-13)19-12-14-4-2-1-3-5-14;16-11-10-13-6-8-15(9-7-13)17-12-14-4-2-1-3-5-14;1-6(2,3)4-5/h3-15,23H,2,16-17H2,1H3;3-10,16,20H,2,11H2,1H3;3-11,17,19H,2,12-13H2,1H3;1-9,15,18H,10,12H2;1-9,11H,10,12H2;1-3H3. The van der Waals surface area contributed by atoms with Crippen LogP contribution in [0.25, 0.3) is 22.2 Å². The minimum atomic E-state index is -1.33. The number of aliphatic hydroxyl groups is 2. The van der Waals surface area contributed by atoms with E-state index in [0.717, 1.165) is 79.4 Å². The van der Waals surface area contributed by atoms with Crippen LogP contribution in [0, 0.1) is 22.3 Å². The van der Waals surface area contributed by atoms with Gasteiger partial charge in [-0.2, -0.15) is 15.2 Å². The van der Waals surface area contributed by atoms with E-state index >= 15 is 0 Å². The number of rotatable bonds is 32. The van der Waals surface area contributed by atoms with Crippen LogP contribution in [0.2, 0.25) is 19.6 Å². The van der Waals surface area contributed by atoms with Gasteiger partial charge in [0.05, 0.1) is 25.9 Å². The average molecular weight is 1620 g/mol. The molecule has 0 amide bonds. The fraction of sp³-hybridized carbons (Fsp3) is 0.229. The van der Waals surface area contributed by atoms with Gasteiger partial charge in [0.25, 0.3) is 0 Å². The summed E-state index contributed by atoms with van der Waals surface area (Å²) in [6.45, 7) is 14.1. The van der Waals surface area contributed by atoms with Crippen LogP contribution in [0.3, 0.4) is 0 Å². The lowest BCUT2D eigenvalue weighted by atomic mass is 10.1. The van der Waals surface area contributed by atoms with Gasteiger partial charge in [-0.3, -0.25) is 0 Å². The molecule has 2 aromatic heterocycles. The van der Waals surface area contributed by atoms with E-state index in [4.69, 9.17) is 62.0 Å². The Morgan fingerprint density at radius 2 is 0.689 bits per heavy atom. The molecule has 0 spiro atoms. The number of nitrogens with zero attached hydrogens (tertiary/aromatic N) is 4. The maximum Gasteiger partial charge on any atom is 0.395 e. The second kappa shape index (κ2) is 49.8. The number of para-hydroxylation sites is 4. The summed E-state index contributed by atoms with van der Waals surface area (Å²) in [5.41, 5.74) is 13.7. The molecule has 2 heterocycles. The number of carbonyl (C=O) groups excluding carboxylic acids is 4. The zero-order valence-corrected chi connectivity index (χ0v) is 68.3. The molecule has 0 saturated heterocycles. The maximum absolute atomic E-state index is 12.5. The Bertz CT molecular complexity index is 5130. The lowest BCUT2D eigenvalue weighted by Crippen LogP contribution is -2.31. The number of aromatic hydroxyl groups is 1. The minimum Gasteiger partial charge on any atom is -0.508 e. The number of benzene rings is 11. The zero-order chi connectivity index (χ0) is 84.8. The Kier molecular flexibility index (Phi) is 38.0. The largest absolute Gasteiger partial charge is 0.508 e. The lowest BCUT2D eigenvalue weighted by molar-refractivity contribution is -0.153. The molecule has 0 bridgehead atoms. The molecule has 119 heavy (non-hydrogen) atoms. The van der Waals surface area contributed by atoms with Gasteiger partial charge in [0.2, 0.25) is 12.2 Å². The summed E-state index contributed by atoms with van der Waals surface area (Å²) in [6.07, 6.45) is -1.24. The van der Waals surface area contributed by atoms with Gasteiger partial charge in [-0.1, -0.05) is 226 Å². The minimum absolute atomic E-state index is 0.0213. The molecule has 23 heteroatoms. The summed E-state index contributed by atoms with van der Waals surface area (Å²) in [5.74, 6) is 1.71. The topological polar surface area (TPSA) is 312 Å². The smallest absolute Gasteiger partial charge is 0.395 e. The highest BCUT2D eigenvalue weighted by molar-refractivity contribution is 6.83. The monoisotopic (exact) mass is 1620 g/mol. The first-order valence-corrected chi connectivity index (χ1v) is 42.2. The fourth-order valence-corrected chi connectivity index (χ4v) is 10.7. The number of oxazole rings is 2. The third kappa shape index (κ3) is 33.9. The highest BCUT2D eigenvalue weighted by Gasteiger charge is 2.27. The van der Waals surface area contributed by atoms with E-state index in [1.54, 1.807) is 69.3 Å². The van der Waals surface area contributed by atoms with Crippen LogP contribution in [-0.2, 0) is 91.9 Å². The Hall–Kier alpha value is -13.8. The van der Waals surface area contributed by atoms with Crippen molar-refractivity contribution < 1.29 is 86.0 Å². The Morgan fingerprint density at radius 1 is 0.395 bits per heavy atom. The van der Waals surface area contributed by atoms with E-state index in [1.807, 2.05) is 268 Å². The van der Waals surface area contributed by atoms with E-state index < -0.39 is 50.4 Å². The molecule has 13 aromatic rings. The molecule has 22 nitrogen and oxygen atoms in total. The zero-order valence-electron chi connectivity index (χ0n) is 67.3. The number of phenols is 1. The van der Waals surface area contributed by atoms with Crippen molar-refractivity contribution in [1.82, 2.24) is 9.97 Å². The van der Waals surface area contributed by atoms with Gasteiger partial charge in [0, 0.05) is 37.8 Å². The van der Waals surface area contributed by atoms with Crippen molar-refractivity contribution in [1.29, 1.82) is 10.5 Å². The van der Waals surface area contributed by atoms with E-state index in [-0.39, 0.29) is 50.6 Å². The number of ether oxygens (including phenoxy) is 9. The van der Waals surface area contributed by atoms with Crippen molar-refractivity contribution in [3.05, 3.63) is 341 Å². The van der Waals surface area contributed by atoms with Gasteiger partial charge in [0.1, 0.15) is 78.6 Å². The van der Waals surface area contributed by atoms with Crippen molar-refractivity contribution in [2.45, 2.75) is 123 Å². The molecule has 0 radical (unpaired) electrons. The molecule has 0 saturated carbocycles. The highest BCUT2D eigenvalue weighted by atomic mass is 28.3. The summed E-state index contributed by atoms with van der Waals surface area (Å²) < 4.78 is 60.3. The molecule has 4 unspecified atom stereocenters. The number of hydrogen-bond acceptors (Lipinski definition) is 22. The summed E-state index contributed by atoms with van der Waals surface area (Å²) >= 11 is 0. The van der Waals surface area contributed by atoms with Gasteiger partial charge in [-0.25, -0.2) is 19.6 Å². The number of nitriles is 2. The van der Waals surface area contributed by atoms with Crippen LogP contribution in [0.4, 0.5) is 0 Å². The van der Waals surface area contributed by atoms with E-state index in [0.29, 0.717) is 67.9 Å². The summed E-state index contributed by atoms with van der Waals surface area (Å²) in [7, 11) is -1.33. The van der Waals surface area contributed by atoms with Crippen molar-refractivity contribution in [3.63, 3.8) is 0 Å². The van der Waals surface area contributed by atoms with Gasteiger partial charge in [0.15, 0.2) is 25.3 Å². The van der Waals surface area contributed by atoms with Crippen LogP contribution in [-0.4, -0.2) is 102 Å². The van der Waals surface area contributed by atoms with E-state index in [9.17, 15) is 34.5 Å². The third-order valence-electron chi connectivity index (χ3n) is 16.8. The molecule has 0 aliphatic heterocycles. The number of carbonyl (C=O) groups is 4. The number of esters is 3. The molecule has 13 rings (SSSR count). The second-order valence-electron chi connectivity index (χ2n) is 27.4. The molecular formula is C96H98N4O18Si. The number of aldehydes is 1. The van der Waals surface area contributed by atoms with E-state index in [2.05, 4.69) is 15.7 Å². The Balaban J connectivity index is 0.000000185. The number of phenolic OH excluding ortho intramolecular Hbond substituents is 1. The van der Waals surface area contributed by atoms with Gasteiger partial charge < -0.3 is 71.6 Å². The van der Waals surface area contributed by atoms with Crippen molar-refractivity contribution >= 4 is 54.5 Å². The maximum atomic E-state index is 12.5. The normalized spacial score (nSPS) is 11.4. The fourth-order valence-electron chi connectivity index (χ4n) is 10.7. The van der Waals surface area contributed by atoms with Crippen LogP contribution < -0.4 is 28.4 Å². The first-order chi connectivity index (χ1) is 57.8. The van der Waals surface area contributed by atoms with Crippen LogP contribution in [0.15, 0.2) is 300 Å². The van der Waals surface area contributed by atoms with E-state index in [1.165, 1.54) is 0 Å². The lowest BCUT2D eigenvalue weighted by Gasteiger charge is -2.15. The molecule has 0 aliphatic carbocycles. The van der Waals surface area contributed by atoms with Crippen molar-refractivity contribution in [3.8, 4) is 52.7 Å². The van der Waals surface area contributed by atoms with Crippen molar-refractivity contribution in [2.75, 3.05) is 19.8 Å². The summed E-state index contributed by atoms with van der Waals surface area (Å²) in [5, 5.41) is 45.1. The predicted molar refractivity (Wildman–Crippen MR) is 455 cm³/mol. The van der Waals surface area contributed by atoms with Gasteiger partial charge >= 0.3 is 30.1 Å². The number of fused-ring (bicyclic) bond motifs is 2. The van der Waals surface area contributed by atoms with Crippen LogP contribution in [0.1, 0.15) is 70.8 Å². The molecule has 614 valence electrons. The average Bonchev–Trinajstić information content (AvgIpc) is 1.71. The van der Waals surface area contributed by atoms with Gasteiger partial charge in [-0.15, -0.1) is 0 Å². The molecule has 0 fully saturated rings. The molecule has 11 aromatic carbocycles. The SMILES string of the molecule is CCOC(=O)C(Cc1ccc(O)cc1)Oc1nc2ccccc2o1.CCOC(=O)C(Cc1ccc(OCc2ccccc2)cc1)Oc1nc2ccccc2o1.CCOC(=O)C(O)Cc1ccc(OCc2ccccc2)cc1.C[Si](C)(C)C#N.N#CC(O)Cc1ccc(OCc2ccccc2)cc1.O=CCc1ccc(OCc2ccccc2)cc1. The predicted octanol–water partition coefficient (Wildman–Crippen LogP) is 17.9. The molecule has 3 N–H and O–H groups in total. The Morgan fingerprint density at radius 3 is 1.00 bits per heavy atom. The molecule has 4 atom stereocenters. The van der Waals surface area contributed by atoms with Crippen LogP contribution >= 0.6 is 0 Å². The quantitative estimate of drug-likeness (QED) is 0.0116. The first kappa shape index (κ1) is 90.7. The third-order valence-corrected chi connectivity index (χ3v) is 17.5. The van der Waals surface area contributed by atoms with Crippen LogP contribution in [0.5, 0.6) is 40.9 Å². The first-order valence-electron chi connectivity index (χ1n) is 38.7. The number of aliphatic hydroxyl groups excluding tert-OH is 2.